The van der Waals surface area contributed by atoms with Gasteiger partial charge in [-0.2, -0.15) is 0 Å². The van der Waals surface area contributed by atoms with Gasteiger partial charge in [-0.25, -0.2) is 4.79 Å². The number of ether oxygens (including phenoxy) is 1. The van der Waals surface area contributed by atoms with E-state index in [1.807, 2.05) is 31.2 Å². The number of carbonyl (C=O) groups is 1. The Labute approximate surface area is 180 Å². The molecule has 0 aliphatic carbocycles. The minimum atomic E-state index is -0.578. The summed E-state index contributed by atoms with van der Waals surface area (Å²) < 4.78 is 16.7. The van der Waals surface area contributed by atoms with Crippen LogP contribution < -0.4 is 5.32 Å². The van der Waals surface area contributed by atoms with Gasteiger partial charge in [0.2, 0.25) is 0 Å². The van der Waals surface area contributed by atoms with Gasteiger partial charge in [0.15, 0.2) is 0 Å². The number of nitrogens with one attached hydrogen (secondary N) is 1. The molecule has 0 fully saturated rings. The lowest BCUT2D eigenvalue weighted by atomic mass is 10.1. The summed E-state index contributed by atoms with van der Waals surface area (Å²) in [5.74, 6) is 1.53. The molecular formula is C24H41NO3S. The molecule has 1 aromatic carbocycles. The average molecular weight is 424 g/mol. The van der Waals surface area contributed by atoms with Gasteiger partial charge in [-0.1, -0.05) is 58.3 Å². The third-order valence-electron chi connectivity index (χ3n) is 5.00. The van der Waals surface area contributed by atoms with Crippen molar-refractivity contribution in [2.45, 2.75) is 84.5 Å². The Morgan fingerprint density at radius 2 is 1.38 bits per heavy atom. The number of anilines is 1. The Morgan fingerprint density at radius 3 is 1.97 bits per heavy atom. The van der Waals surface area contributed by atoms with Crippen molar-refractivity contribution < 1.29 is 13.7 Å². The van der Waals surface area contributed by atoms with E-state index in [1.165, 1.54) is 51.4 Å². The first kappa shape index (κ1) is 25.7. The SMILES string of the molecule is CCCCS(=O)CCCCCCCCCCCNc1ccc(C(=O)OCC)cc1. The predicted octanol–water partition coefficient (Wildman–Crippen LogP) is 6.33. The lowest BCUT2D eigenvalue weighted by molar-refractivity contribution is 0.0526. The largest absolute Gasteiger partial charge is 0.462 e. The van der Waals surface area contributed by atoms with Crippen molar-refractivity contribution >= 4 is 22.5 Å². The summed E-state index contributed by atoms with van der Waals surface area (Å²) in [6, 6.07) is 7.49. The van der Waals surface area contributed by atoms with Gasteiger partial charge in [0.05, 0.1) is 12.2 Å². The van der Waals surface area contributed by atoms with Crippen LogP contribution in [0.25, 0.3) is 0 Å². The third kappa shape index (κ3) is 13.5. The summed E-state index contributed by atoms with van der Waals surface area (Å²) in [7, 11) is -0.578. The number of hydrogen-bond acceptors (Lipinski definition) is 4. The number of benzene rings is 1. The van der Waals surface area contributed by atoms with Gasteiger partial charge in [-0.05, 0) is 50.5 Å². The molecule has 166 valence electrons. The van der Waals surface area contributed by atoms with Crippen LogP contribution in [-0.4, -0.2) is 34.8 Å². The summed E-state index contributed by atoms with van der Waals surface area (Å²) in [6.45, 7) is 5.34. The topological polar surface area (TPSA) is 55.4 Å². The van der Waals surface area contributed by atoms with Crippen molar-refractivity contribution in [1.82, 2.24) is 0 Å². The second kappa shape index (κ2) is 17.5. The first-order chi connectivity index (χ1) is 14.2. The van der Waals surface area contributed by atoms with Gasteiger partial charge in [0.25, 0.3) is 0 Å². The molecule has 29 heavy (non-hydrogen) atoms. The maximum atomic E-state index is 11.7. The van der Waals surface area contributed by atoms with Crippen molar-refractivity contribution in [2.24, 2.45) is 0 Å². The zero-order valence-corrected chi connectivity index (χ0v) is 19.4. The van der Waals surface area contributed by atoms with Gasteiger partial charge < -0.3 is 10.1 Å². The van der Waals surface area contributed by atoms with E-state index in [-0.39, 0.29) is 5.97 Å². The van der Waals surface area contributed by atoms with Gasteiger partial charge in [0, 0.05) is 34.5 Å². The maximum Gasteiger partial charge on any atom is 0.338 e. The highest BCUT2D eigenvalue weighted by atomic mass is 32.2. The molecular weight excluding hydrogens is 382 g/mol. The molecule has 0 saturated carbocycles. The minimum absolute atomic E-state index is 0.263. The first-order valence-electron chi connectivity index (χ1n) is 11.5. The number of hydrogen-bond donors (Lipinski definition) is 1. The Hall–Kier alpha value is -1.36. The van der Waals surface area contributed by atoms with Gasteiger partial charge in [-0.15, -0.1) is 0 Å². The number of rotatable bonds is 18. The van der Waals surface area contributed by atoms with Crippen LogP contribution in [0.5, 0.6) is 0 Å². The molecule has 0 spiro atoms. The molecule has 0 amide bonds. The van der Waals surface area contributed by atoms with E-state index in [0.717, 1.165) is 43.0 Å². The molecule has 1 N–H and O–H groups in total. The average Bonchev–Trinajstić information content (AvgIpc) is 2.73. The molecule has 0 aromatic heterocycles. The van der Waals surface area contributed by atoms with Gasteiger partial charge in [-0.3, -0.25) is 4.21 Å². The molecule has 0 aliphatic heterocycles. The van der Waals surface area contributed by atoms with E-state index in [1.54, 1.807) is 0 Å². The summed E-state index contributed by atoms with van der Waals surface area (Å²) >= 11 is 0. The first-order valence-corrected chi connectivity index (χ1v) is 13.0. The van der Waals surface area contributed by atoms with E-state index in [9.17, 15) is 9.00 Å². The minimum Gasteiger partial charge on any atom is -0.462 e. The van der Waals surface area contributed by atoms with Crippen LogP contribution in [-0.2, 0) is 15.5 Å². The molecule has 1 aromatic rings. The monoisotopic (exact) mass is 423 g/mol. The van der Waals surface area contributed by atoms with Crippen LogP contribution in [0.1, 0.15) is 94.8 Å². The van der Waals surface area contributed by atoms with Gasteiger partial charge >= 0.3 is 5.97 Å². The smallest absolute Gasteiger partial charge is 0.338 e. The van der Waals surface area contributed by atoms with Crippen molar-refractivity contribution in [1.29, 1.82) is 0 Å². The molecule has 5 heteroatoms. The molecule has 0 radical (unpaired) electrons. The number of carbonyl (C=O) groups excluding carboxylic acids is 1. The van der Waals surface area contributed by atoms with E-state index >= 15 is 0 Å². The number of esters is 1. The van der Waals surface area contributed by atoms with Gasteiger partial charge in [0.1, 0.15) is 0 Å². The maximum absolute atomic E-state index is 11.7. The molecule has 0 bridgehead atoms. The fourth-order valence-electron chi connectivity index (χ4n) is 3.20. The van der Waals surface area contributed by atoms with Crippen LogP contribution in [0, 0.1) is 0 Å². The normalized spacial score (nSPS) is 11.9. The Balaban J connectivity index is 1.91. The quantitative estimate of drug-likeness (QED) is 0.221. The zero-order chi connectivity index (χ0) is 21.2. The summed E-state index contributed by atoms with van der Waals surface area (Å²) in [6.07, 6.45) is 13.6. The van der Waals surface area contributed by atoms with Crippen LogP contribution in [0.3, 0.4) is 0 Å². The predicted molar refractivity (Wildman–Crippen MR) is 125 cm³/mol. The van der Waals surface area contributed by atoms with Crippen molar-refractivity contribution in [2.75, 3.05) is 30.0 Å². The van der Waals surface area contributed by atoms with Crippen molar-refractivity contribution in [3.63, 3.8) is 0 Å². The van der Waals surface area contributed by atoms with Crippen LogP contribution in [0.2, 0.25) is 0 Å². The molecule has 0 saturated heterocycles. The lowest BCUT2D eigenvalue weighted by Crippen LogP contribution is -2.05. The Bertz CT molecular complexity index is 560. The Morgan fingerprint density at radius 1 is 0.828 bits per heavy atom. The van der Waals surface area contributed by atoms with Crippen molar-refractivity contribution in [3.8, 4) is 0 Å². The highest BCUT2D eigenvalue weighted by Crippen LogP contribution is 2.13. The standard InChI is InChI=1S/C24H41NO3S/c1-3-5-20-29(27)21-14-12-10-8-6-7-9-11-13-19-25-23-17-15-22(16-18-23)24(26)28-4-2/h15-18,25H,3-14,19-21H2,1-2H3. The van der Waals surface area contributed by atoms with E-state index < -0.39 is 10.8 Å². The van der Waals surface area contributed by atoms with Crippen molar-refractivity contribution in [3.05, 3.63) is 29.8 Å². The number of unbranched alkanes of at least 4 members (excludes halogenated alkanes) is 9. The second-order valence-corrected chi connectivity index (χ2v) is 9.30. The molecule has 1 atom stereocenters. The summed E-state index contributed by atoms with van der Waals surface area (Å²) in [4.78, 5) is 11.6. The fraction of sp³-hybridized carbons (Fsp3) is 0.708. The highest BCUT2D eigenvalue weighted by molar-refractivity contribution is 7.84. The van der Waals surface area contributed by atoms with Crippen LogP contribution in [0.4, 0.5) is 5.69 Å². The van der Waals surface area contributed by atoms with Crippen LogP contribution in [0.15, 0.2) is 24.3 Å². The molecule has 0 heterocycles. The highest BCUT2D eigenvalue weighted by Gasteiger charge is 2.05. The third-order valence-corrected chi connectivity index (χ3v) is 6.49. The van der Waals surface area contributed by atoms with E-state index in [0.29, 0.717) is 12.2 Å². The zero-order valence-electron chi connectivity index (χ0n) is 18.5. The fourth-order valence-corrected chi connectivity index (χ4v) is 4.55. The van der Waals surface area contributed by atoms with Crippen LogP contribution >= 0.6 is 0 Å². The molecule has 1 rings (SSSR count). The van der Waals surface area contributed by atoms with E-state index in [2.05, 4.69) is 12.2 Å². The molecule has 4 nitrogen and oxygen atoms in total. The molecule has 1 unspecified atom stereocenters. The Kier molecular flexibility index (Phi) is 15.5. The lowest BCUT2D eigenvalue weighted by Gasteiger charge is -2.07. The summed E-state index contributed by atoms with van der Waals surface area (Å²) in [5, 5.41) is 3.41. The summed E-state index contributed by atoms with van der Waals surface area (Å²) in [5.41, 5.74) is 1.65. The second-order valence-electron chi connectivity index (χ2n) is 7.61. The molecule has 0 aliphatic rings. The van der Waals surface area contributed by atoms with E-state index in [4.69, 9.17) is 4.74 Å².